The van der Waals surface area contributed by atoms with Gasteiger partial charge in [0.15, 0.2) is 0 Å². The summed E-state index contributed by atoms with van der Waals surface area (Å²) >= 11 is 6.25. The molecule has 3 heteroatoms. The van der Waals surface area contributed by atoms with E-state index in [1.807, 2.05) is 18.2 Å². The summed E-state index contributed by atoms with van der Waals surface area (Å²) in [6.45, 7) is 0. The van der Waals surface area contributed by atoms with E-state index in [1.54, 1.807) is 0 Å². The summed E-state index contributed by atoms with van der Waals surface area (Å²) in [5, 5.41) is 3.77. The molecule has 27 heavy (non-hydrogen) atoms. The van der Waals surface area contributed by atoms with E-state index in [9.17, 15) is 0 Å². The van der Waals surface area contributed by atoms with Gasteiger partial charge in [-0.3, -0.25) is 0 Å². The number of fused-ring (bicyclic) bond motifs is 4. The summed E-state index contributed by atoms with van der Waals surface area (Å²) in [6.07, 6.45) is 0. The van der Waals surface area contributed by atoms with Crippen LogP contribution in [-0.2, 0) is 0 Å². The number of aromatic nitrogens is 2. The predicted octanol–water partition coefficient (Wildman–Crippen LogP) is 6.75. The summed E-state index contributed by atoms with van der Waals surface area (Å²) in [7, 11) is 0. The van der Waals surface area contributed by atoms with E-state index >= 15 is 0 Å². The lowest BCUT2D eigenvalue weighted by Crippen LogP contribution is -1.92. The van der Waals surface area contributed by atoms with Crippen LogP contribution in [0.5, 0.6) is 0 Å². The van der Waals surface area contributed by atoms with E-state index in [0.29, 0.717) is 0 Å². The number of rotatable bonds is 1. The molecule has 0 amide bonds. The first kappa shape index (κ1) is 14.9. The van der Waals surface area contributed by atoms with Crippen LogP contribution in [0, 0.1) is 0 Å². The van der Waals surface area contributed by atoms with Crippen LogP contribution in [0.2, 0.25) is 5.28 Å². The number of halogens is 1. The van der Waals surface area contributed by atoms with Crippen LogP contribution in [0.15, 0.2) is 78.9 Å². The second-order valence-electron chi connectivity index (χ2n) is 6.79. The fraction of sp³-hybridized carbons (Fsp3) is 0. The van der Waals surface area contributed by atoms with Crippen LogP contribution >= 0.6 is 11.6 Å². The summed E-state index contributed by atoms with van der Waals surface area (Å²) in [4.78, 5) is 8.98. The fourth-order valence-corrected chi connectivity index (χ4v) is 4.44. The lowest BCUT2D eigenvalue weighted by atomic mass is 9.95. The molecular formula is C24H13ClN2. The zero-order chi connectivity index (χ0) is 18.0. The van der Waals surface area contributed by atoms with Gasteiger partial charge in [0, 0.05) is 10.9 Å². The molecule has 1 aromatic heterocycles. The van der Waals surface area contributed by atoms with Gasteiger partial charge in [-0.25, -0.2) is 9.97 Å². The summed E-state index contributed by atoms with van der Waals surface area (Å²) < 4.78 is 0. The van der Waals surface area contributed by atoms with Crippen molar-refractivity contribution in [3.05, 3.63) is 84.1 Å². The fourth-order valence-electron chi connectivity index (χ4n) is 4.27. The highest BCUT2D eigenvalue weighted by Gasteiger charge is 2.23. The van der Waals surface area contributed by atoms with Crippen molar-refractivity contribution in [2.24, 2.45) is 0 Å². The second kappa shape index (κ2) is 5.38. The van der Waals surface area contributed by atoms with Crippen LogP contribution < -0.4 is 0 Å². The van der Waals surface area contributed by atoms with E-state index < -0.39 is 0 Å². The number of benzene rings is 4. The molecule has 0 saturated carbocycles. The van der Waals surface area contributed by atoms with Gasteiger partial charge in [0.1, 0.15) is 0 Å². The normalized spacial score (nSPS) is 11.9. The molecule has 0 atom stereocenters. The van der Waals surface area contributed by atoms with E-state index in [2.05, 4.69) is 70.6 Å². The van der Waals surface area contributed by atoms with Gasteiger partial charge in [-0.15, -0.1) is 0 Å². The molecule has 126 valence electrons. The Kier molecular flexibility index (Phi) is 2.97. The van der Waals surface area contributed by atoms with Gasteiger partial charge >= 0.3 is 0 Å². The molecule has 1 aliphatic rings. The van der Waals surface area contributed by atoms with E-state index in [4.69, 9.17) is 11.6 Å². The lowest BCUT2D eigenvalue weighted by Gasteiger charge is -2.11. The standard InChI is InChI=1S/C24H13ClN2/c25-24-26-21-11-4-3-8-20(21)23(27-24)19-13-12-18-15-7-2-1-6-14(15)16-9-5-10-17(19)22(16)18/h1-13H. The van der Waals surface area contributed by atoms with Gasteiger partial charge in [0.25, 0.3) is 0 Å². The van der Waals surface area contributed by atoms with Gasteiger partial charge in [-0.2, -0.15) is 0 Å². The molecule has 4 aromatic carbocycles. The molecule has 6 rings (SSSR count). The Morgan fingerprint density at radius 2 is 1.15 bits per heavy atom. The van der Waals surface area contributed by atoms with Crippen molar-refractivity contribution < 1.29 is 0 Å². The molecule has 0 bridgehead atoms. The maximum atomic E-state index is 6.25. The number of nitrogens with zero attached hydrogens (tertiary/aromatic N) is 2. The van der Waals surface area contributed by atoms with Crippen LogP contribution in [0.3, 0.4) is 0 Å². The third-order valence-electron chi connectivity index (χ3n) is 5.38. The van der Waals surface area contributed by atoms with Crippen molar-refractivity contribution in [1.29, 1.82) is 0 Å². The molecule has 0 aliphatic heterocycles. The number of hydrogen-bond acceptors (Lipinski definition) is 2. The SMILES string of the molecule is Clc1nc(-c2ccc3c4c(cccc24)-c2ccccc2-3)c2ccccc2n1. The number of hydrogen-bond donors (Lipinski definition) is 0. The van der Waals surface area contributed by atoms with E-state index in [0.717, 1.165) is 22.2 Å². The van der Waals surface area contributed by atoms with Crippen molar-refractivity contribution >= 4 is 33.3 Å². The summed E-state index contributed by atoms with van der Waals surface area (Å²) in [6, 6.07) is 27.5. The largest absolute Gasteiger partial charge is 0.223 e. The Hall–Kier alpha value is -3.23. The molecule has 2 nitrogen and oxygen atoms in total. The number of para-hydroxylation sites is 1. The first-order valence-electron chi connectivity index (χ1n) is 8.89. The van der Waals surface area contributed by atoms with Crippen molar-refractivity contribution in [2.75, 3.05) is 0 Å². The van der Waals surface area contributed by atoms with Crippen LogP contribution in [-0.4, -0.2) is 9.97 Å². The maximum absolute atomic E-state index is 6.25. The Bertz CT molecular complexity index is 1360. The van der Waals surface area contributed by atoms with Crippen molar-refractivity contribution in [2.45, 2.75) is 0 Å². The van der Waals surface area contributed by atoms with Crippen molar-refractivity contribution in [3.8, 4) is 33.5 Å². The Balaban J connectivity index is 1.75. The molecular weight excluding hydrogens is 352 g/mol. The van der Waals surface area contributed by atoms with Gasteiger partial charge < -0.3 is 0 Å². The van der Waals surface area contributed by atoms with Gasteiger partial charge in [0.05, 0.1) is 11.2 Å². The molecule has 1 aliphatic carbocycles. The van der Waals surface area contributed by atoms with E-state index in [-0.39, 0.29) is 5.28 Å². The maximum Gasteiger partial charge on any atom is 0.223 e. The topological polar surface area (TPSA) is 25.8 Å². The average molecular weight is 365 g/mol. The smallest absolute Gasteiger partial charge is 0.218 e. The zero-order valence-corrected chi connectivity index (χ0v) is 15.0. The molecule has 0 unspecified atom stereocenters. The average Bonchev–Trinajstić information content (AvgIpc) is 3.04. The van der Waals surface area contributed by atoms with Gasteiger partial charge in [-0.05, 0) is 50.7 Å². The summed E-state index contributed by atoms with van der Waals surface area (Å²) in [5.41, 5.74) is 7.98. The molecule has 5 aromatic rings. The highest BCUT2D eigenvalue weighted by Crippen LogP contribution is 2.49. The van der Waals surface area contributed by atoms with Gasteiger partial charge in [-0.1, -0.05) is 72.8 Å². The van der Waals surface area contributed by atoms with Crippen molar-refractivity contribution in [1.82, 2.24) is 9.97 Å². The summed E-state index contributed by atoms with van der Waals surface area (Å²) in [5.74, 6) is 0. The quantitative estimate of drug-likeness (QED) is 0.301. The lowest BCUT2D eigenvalue weighted by molar-refractivity contribution is 1.23. The molecule has 0 N–H and O–H groups in total. The monoisotopic (exact) mass is 364 g/mol. The minimum atomic E-state index is 0.273. The Morgan fingerprint density at radius 3 is 2.00 bits per heavy atom. The van der Waals surface area contributed by atoms with Crippen LogP contribution in [0.1, 0.15) is 0 Å². The third kappa shape index (κ3) is 2.02. The molecule has 0 fully saturated rings. The second-order valence-corrected chi connectivity index (χ2v) is 7.13. The Labute approximate surface area is 161 Å². The predicted molar refractivity (Wildman–Crippen MR) is 112 cm³/mol. The van der Waals surface area contributed by atoms with Crippen LogP contribution in [0.4, 0.5) is 0 Å². The highest BCUT2D eigenvalue weighted by atomic mass is 35.5. The first-order valence-corrected chi connectivity index (χ1v) is 9.27. The van der Waals surface area contributed by atoms with Crippen LogP contribution in [0.25, 0.3) is 55.2 Å². The van der Waals surface area contributed by atoms with E-state index in [1.165, 1.54) is 33.0 Å². The van der Waals surface area contributed by atoms with Crippen molar-refractivity contribution in [3.63, 3.8) is 0 Å². The molecule has 0 spiro atoms. The molecule has 0 radical (unpaired) electrons. The molecule has 0 saturated heterocycles. The Morgan fingerprint density at radius 1 is 0.519 bits per heavy atom. The third-order valence-corrected chi connectivity index (χ3v) is 5.55. The minimum Gasteiger partial charge on any atom is -0.218 e. The first-order chi connectivity index (χ1) is 13.3. The highest BCUT2D eigenvalue weighted by molar-refractivity contribution is 6.29. The molecule has 1 heterocycles. The minimum absolute atomic E-state index is 0.273. The zero-order valence-electron chi connectivity index (χ0n) is 14.3. The van der Waals surface area contributed by atoms with Gasteiger partial charge in [0.2, 0.25) is 5.28 Å².